The maximum Gasteiger partial charge on any atom is 0.409 e. The Labute approximate surface area is 194 Å². The van der Waals surface area contributed by atoms with E-state index in [0.29, 0.717) is 50.5 Å². The zero-order valence-electron chi connectivity index (χ0n) is 19.3. The summed E-state index contributed by atoms with van der Waals surface area (Å²) in [5.41, 5.74) is 2.16. The number of hydrogen-bond donors (Lipinski definition) is 2. The Morgan fingerprint density at radius 1 is 1.15 bits per heavy atom. The van der Waals surface area contributed by atoms with Crippen LogP contribution in [0.15, 0.2) is 47.5 Å². The van der Waals surface area contributed by atoms with Crippen molar-refractivity contribution >= 4 is 11.8 Å². The minimum Gasteiger partial charge on any atom is -0.508 e. The molecule has 0 bridgehead atoms. The van der Waals surface area contributed by atoms with Crippen LogP contribution in [-0.4, -0.2) is 61.4 Å². The van der Waals surface area contributed by atoms with Crippen LogP contribution in [0.25, 0.3) is 0 Å². The maximum absolute atomic E-state index is 12.2. The number of rotatable bonds is 5. The molecule has 1 spiro atoms. The van der Waals surface area contributed by atoms with Crippen LogP contribution < -0.4 is 14.8 Å². The van der Waals surface area contributed by atoms with E-state index in [-0.39, 0.29) is 17.9 Å². The topological polar surface area (TPSA) is 92.6 Å². The summed E-state index contributed by atoms with van der Waals surface area (Å²) in [6.07, 6.45) is 1.61. The average molecular weight is 454 g/mol. The van der Waals surface area contributed by atoms with Crippen molar-refractivity contribution in [3.05, 3.63) is 53.6 Å². The van der Waals surface area contributed by atoms with Crippen LogP contribution in [0.5, 0.6) is 17.2 Å². The maximum atomic E-state index is 12.2. The number of para-hydroxylation sites is 1. The zero-order chi connectivity index (χ0) is 23.4. The Morgan fingerprint density at radius 3 is 2.55 bits per heavy atom. The molecule has 2 heterocycles. The summed E-state index contributed by atoms with van der Waals surface area (Å²) >= 11 is 0. The number of phenols is 1. The van der Waals surface area contributed by atoms with Gasteiger partial charge in [-0.2, -0.15) is 0 Å². The highest BCUT2D eigenvalue weighted by atomic mass is 16.6. The lowest BCUT2D eigenvalue weighted by atomic mass is 9.87. The Hall–Kier alpha value is -3.26. The molecule has 176 valence electrons. The number of aliphatic imine (C=N–C) groups is 1. The van der Waals surface area contributed by atoms with E-state index in [1.54, 1.807) is 25.2 Å². The van der Waals surface area contributed by atoms with Gasteiger partial charge < -0.3 is 24.2 Å². The first-order valence-corrected chi connectivity index (χ1v) is 11.3. The lowest BCUT2D eigenvalue weighted by molar-refractivity contribution is 0.0778. The van der Waals surface area contributed by atoms with Gasteiger partial charge in [-0.25, -0.2) is 4.79 Å². The Morgan fingerprint density at radius 2 is 1.88 bits per heavy atom. The summed E-state index contributed by atoms with van der Waals surface area (Å²) in [5, 5.41) is 14.2. The number of amides is 1. The molecule has 2 aliphatic rings. The van der Waals surface area contributed by atoms with Crippen LogP contribution in [0.4, 0.5) is 4.79 Å². The summed E-state index contributed by atoms with van der Waals surface area (Å²) in [6, 6.07) is 13.1. The first-order chi connectivity index (χ1) is 16.0. The molecule has 2 N–H and O–H groups in total. The highest BCUT2D eigenvalue weighted by Crippen LogP contribution is 2.38. The molecule has 0 radical (unpaired) electrons. The third-order valence-electron chi connectivity index (χ3n) is 6.33. The molecule has 1 amide bonds. The van der Waals surface area contributed by atoms with E-state index in [1.165, 1.54) is 0 Å². The van der Waals surface area contributed by atoms with Gasteiger partial charge in [0.1, 0.15) is 11.4 Å². The van der Waals surface area contributed by atoms with Gasteiger partial charge in [-0.1, -0.05) is 18.2 Å². The number of ether oxygens (including phenoxy) is 3. The Balaban J connectivity index is 1.68. The van der Waals surface area contributed by atoms with Gasteiger partial charge in [0.25, 0.3) is 0 Å². The minimum absolute atomic E-state index is 0.124. The molecule has 2 aromatic carbocycles. The molecule has 2 aromatic rings. The molecule has 8 nitrogen and oxygen atoms in total. The number of hydrogen-bond acceptors (Lipinski definition) is 7. The van der Waals surface area contributed by atoms with Crippen molar-refractivity contribution in [2.45, 2.75) is 37.9 Å². The molecule has 1 saturated heterocycles. The van der Waals surface area contributed by atoms with Gasteiger partial charge in [-0.15, -0.1) is 0 Å². The van der Waals surface area contributed by atoms with Crippen LogP contribution >= 0.6 is 0 Å². The van der Waals surface area contributed by atoms with Crippen molar-refractivity contribution in [1.82, 2.24) is 10.2 Å². The summed E-state index contributed by atoms with van der Waals surface area (Å²) in [4.78, 5) is 19.1. The number of methoxy groups -OCH3 is 2. The first kappa shape index (κ1) is 22.9. The molecule has 4 rings (SSSR count). The van der Waals surface area contributed by atoms with E-state index < -0.39 is 5.66 Å². The Kier molecular flexibility index (Phi) is 6.74. The summed E-state index contributed by atoms with van der Waals surface area (Å²) in [7, 11) is 3.23. The molecule has 0 aliphatic carbocycles. The van der Waals surface area contributed by atoms with E-state index in [0.717, 1.165) is 16.8 Å². The predicted molar refractivity (Wildman–Crippen MR) is 125 cm³/mol. The van der Waals surface area contributed by atoms with Gasteiger partial charge in [0, 0.05) is 49.7 Å². The number of nitrogens with one attached hydrogen (secondary N) is 1. The molecule has 8 heteroatoms. The summed E-state index contributed by atoms with van der Waals surface area (Å²) in [5.74, 6) is 1.55. The second-order valence-electron chi connectivity index (χ2n) is 8.31. The van der Waals surface area contributed by atoms with Gasteiger partial charge >= 0.3 is 6.09 Å². The predicted octanol–water partition coefficient (Wildman–Crippen LogP) is 3.88. The zero-order valence-corrected chi connectivity index (χ0v) is 19.3. The molecular weight excluding hydrogens is 422 g/mol. The van der Waals surface area contributed by atoms with E-state index in [4.69, 9.17) is 19.2 Å². The van der Waals surface area contributed by atoms with Gasteiger partial charge in [0.2, 0.25) is 0 Å². The van der Waals surface area contributed by atoms with Crippen molar-refractivity contribution in [3.63, 3.8) is 0 Å². The Bertz CT molecular complexity index is 1030. The summed E-state index contributed by atoms with van der Waals surface area (Å²) in [6.45, 7) is 3.25. The van der Waals surface area contributed by atoms with Crippen LogP contribution in [0.3, 0.4) is 0 Å². The molecular formula is C25H31N3O5. The van der Waals surface area contributed by atoms with E-state index in [9.17, 15) is 9.90 Å². The fraction of sp³-hybridized carbons (Fsp3) is 0.440. The molecule has 1 atom stereocenters. The number of carbonyl (C=O) groups excluding carboxylic acids is 1. The fourth-order valence-electron chi connectivity index (χ4n) is 4.60. The second kappa shape index (κ2) is 9.70. The first-order valence-electron chi connectivity index (χ1n) is 11.3. The van der Waals surface area contributed by atoms with Gasteiger partial charge in [0.05, 0.1) is 20.8 Å². The molecule has 33 heavy (non-hydrogen) atoms. The van der Waals surface area contributed by atoms with Crippen molar-refractivity contribution < 1.29 is 24.1 Å². The third-order valence-corrected chi connectivity index (χ3v) is 6.33. The third kappa shape index (κ3) is 4.75. The number of likely N-dealkylation sites (tertiary alicyclic amines) is 1. The average Bonchev–Trinajstić information content (AvgIpc) is 2.84. The number of benzene rings is 2. The molecule has 0 saturated carbocycles. The number of nitrogens with zero attached hydrogens (tertiary/aromatic N) is 2. The molecule has 2 aliphatic heterocycles. The largest absolute Gasteiger partial charge is 0.508 e. The van der Waals surface area contributed by atoms with E-state index in [1.807, 2.05) is 43.3 Å². The highest BCUT2D eigenvalue weighted by molar-refractivity contribution is 6.02. The minimum atomic E-state index is -0.545. The number of aromatic hydroxyl groups is 1. The summed E-state index contributed by atoms with van der Waals surface area (Å²) < 4.78 is 16.1. The van der Waals surface area contributed by atoms with Crippen LogP contribution in [-0.2, 0) is 4.74 Å². The van der Waals surface area contributed by atoms with E-state index in [2.05, 4.69) is 5.32 Å². The smallest absolute Gasteiger partial charge is 0.409 e. The number of phenolic OH excluding ortho intramolecular Hbond substituents is 1. The normalized spacial score (nSPS) is 19.7. The second-order valence-corrected chi connectivity index (χ2v) is 8.31. The fourth-order valence-corrected chi connectivity index (χ4v) is 4.60. The van der Waals surface area contributed by atoms with Crippen LogP contribution in [0.2, 0.25) is 0 Å². The van der Waals surface area contributed by atoms with Gasteiger partial charge in [-0.3, -0.25) is 10.3 Å². The standard InChI is InChI=1S/C25H31N3O5/c1-4-33-24(30)28-13-11-25(12-14-28)26-19(17-9-10-22(31-2)23(15-17)32-3)16-20(27-25)18-7-5-6-8-21(18)29/h5-10,15,20,27,29H,4,11-14,16H2,1-3H3/t20-/m1/s1. The number of carbonyl (C=O) groups is 1. The van der Waals surface area contributed by atoms with Crippen molar-refractivity contribution in [3.8, 4) is 17.2 Å². The van der Waals surface area contributed by atoms with Crippen molar-refractivity contribution in [1.29, 1.82) is 0 Å². The SMILES string of the molecule is CCOC(=O)N1CCC2(CC1)N=C(c1ccc(OC)c(OC)c1)C[C@H](c1ccccc1O)N2. The molecule has 1 fully saturated rings. The van der Waals surface area contributed by atoms with Crippen LogP contribution in [0, 0.1) is 0 Å². The lowest BCUT2D eigenvalue weighted by Crippen LogP contribution is -2.56. The number of piperidine rings is 1. The van der Waals surface area contributed by atoms with Crippen molar-refractivity contribution in [2.24, 2.45) is 4.99 Å². The van der Waals surface area contributed by atoms with Gasteiger partial charge in [-0.05, 0) is 36.8 Å². The van der Waals surface area contributed by atoms with Crippen LogP contribution in [0.1, 0.15) is 43.4 Å². The molecule has 0 unspecified atom stereocenters. The van der Waals surface area contributed by atoms with E-state index >= 15 is 0 Å². The van der Waals surface area contributed by atoms with Crippen molar-refractivity contribution in [2.75, 3.05) is 33.9 Å². The highest BCUT2D eigenvalue weighted by Gasteiger charge is 2.41. The monoisotopic (exact) mass is 453 g/mol. The quantitative estimate of drug-likeness (QED) is 0.714. The molecule has 0 aromatic heterocycles. The lowest BCUT2D eigenvalue weighted by Gasteiger charge is -2.45. The van der Waals surface area contributed by atoms with Gasteiger partial charge in [0.15, 0.2) is 11.5 Å².